The molecule has 1 saturated heterocycles. The summed E-state index contributed by atoms with van der Waals surface area (Å²) in [5.41, 5.74) is 1.73. The number of hydrogen-bond donors (Lipinski definition) is 0. The predicted molar refractivity (Wildman–Crippen MR) is 80.5 cm³/mol. The lowest BCUT2D eigenvalue weighted by Crippen LogP contribution is -2.27. The maximum atomic E-state index is 13.1. The molecule has 0 saturated carbocycles. The molecule has 126 valence electrons. The summed E-state index contributed by atoms with van der Waals surface area (Å²) in [4.78, 5) is 2.09. The van der Waals surface area contributed by atoms with Gasteiger partial charge in [-0.1, -0.05) is 6.92 Å². The molecule has 1 unspecified atom stereocenters. The summed E-state index contributed by atoms with van der Waals surface area (Å²) < 4.78 is 40.1. The van der Waals surface area contributed by atoms with Gasteiger partial charge in [0.15, 0.2) is 11.5 Å². The van der Waals surface area contributed by atoms with Gasteiger partial charge in [0.2, 0.25) is 0 Å². The van der Waals surface area contributed by atoms with E-state index in [1.54, 1.807) is 6.92 Å². The Labute approximate surface area is 132 Å². The zero-order valence-electron chi connectivity index (χ0n) is 13.5. The molecule has 0 spiro atoms. The SMILES string of the molecule is Cc1c(N2CCCC(C)CC2)nn2c(C(F)(F)F)nnc2c1C. The van der Waals surface area contributed by atoms with Crippen LogP contribution >= 0.6 is 0 Å². The smallest absolute Gasteiger partial charge is 0.355 e. The molecule has 3 rings (SSSR count). The Bertz CT molecular complexity index is 722. The summed E-state index contributed by atoms with van der Waals surface area (Å²) in [6.07, 6.45) is -1.39. The molecule has 0 aliphatic carbocycles. The van der Waals surface area contributed by atoms with Gasteiger partial charge in [0, 0.05) is 24.2 Å². The van der Waals surface area contributed by atoms with Crippen LogP contribution < -0.4 is 4.90 Å². The largest absolute Gasteiger partial charge is 0.453 e. The standard InChI is InChI=1S/C15H20F3N5/c1-9-5-4-7-22(8-6-9)13-11(3)10(2)12-19-20-14(15(16,17)18)23(12)21-13/h9H,4-8H2,1-3H3. The van der Waals surface area contributed by atoms with Crippen molar-refractivity contribution >= 4 is 11.5 Å². The third-order valence-corrected chi connectivity index (χ3v) is 4.64. The summed E-state index contributed by atoms with van der Waals surface area (Å²) >= 11 is 0. The molecule has 1 aliphatic heterocycles. The number of halogens is 3. The number of rotatable bonds is 1. The van der Waals surface area contributed by atoms with Crippen LogP contribution in [0, 0.1) is 19.8 Å². The fourth-order valence-electron chi connectivity index (χ4n) is 3.07. The van der Waals surface area contributed by atoms with Gasteiger partial charge in [0.05, 0.1) is 0 Å². The van der Waals surface area contributed by atoms with Crippen molar-refractivity contribution in [2.75, 3.05) is 18.0 Å². The Morgan fingerprint density at radius 3 is 2.48 bits per heavy atom. The first-order chi connectivity index (χ1) is 10.8. The Morgan fingerprint density at radius 2 is 1.78 bits per heavy atom. The van der Waals surface area contributed by atoms with E-state index in [0.717, 1.165) is 42.4 Å². The lowest BCUT2D eigenvalue weighted by atomic mass is 10.0. The van der Waals surface area contributed by atoms with Crippen molar-refractivity contribution in [2.45, 2.75) is 46.2 Å². The van der Waals surface area contributed by atoms with Crippen molar-refractivity contribution in [3.8, 4) is 0 Å². The van der Waals surface area contributed by atoms with Crippen LogP contribution in [0.4, 0.5) is 19.0 Å². The molecule has 2 aromatic rings. The Hall–Kier alpha value is -1.86. The first kappa shape index (κ1) is 16.0. The van der Waals surface area contributed by atoms with E-state index < -0.39 is 12.0 Å². The summed E-state index contributed by atoms with van der Waals surface area (Å²) in [6, 6.07) is 0. The highest BCUT2D eigenvalue weighted by Crippen LogP contribution is 2.31. The topological polar surface area (TPSA) is 46.3 Å². The van der Waals surface area contributed by atoms with Crippen molar-refractivity contribution in [1.29, 1.82) is 0 Å². The second-order valence-corrected chi connectivity index (χ2v) is 6.35. The molecule has 1 fully saturated rings. The molecule has 5 nitrogen and oxygen atoms in total. The van der Waals surface area contributed by atoms with Gasteiger partial charge in [0.25, 0.3) is 5.82 Å². The third-order valence-electron chi connectivity index (χ3n) is 4.64. The fraction of sp³-hybridized carbons (Fsp3) is 0.667. The van der Waals surface area contributed by atoms with E-state index in [9.17, 15) is 13.2 Å². The molecule has 8 heteroatoms. The summed E-state index contributed by atoms with van der Waals surface area (Å²) in [6.45, 7) is 7.48. The predicted octanol–water partition coefficient (Wildman–Crippen LogP) is 3.39. The summed E-state index contributed by atoms with van der Waals surface area (Å²) in [7, 11) is 0. The lowest BCUT2D eigenvalue weighted by molar-refractivity contribution is -0.146. The minimum absolute atomic E-state index is 0.168. The summed E-state index contributed by atoms with van der Waals surface area (Å²) in [5, 5.41) is 11.2. The van der Waals surface area contributed by atoms with Crippen molar-refractivity contribution in [3.63, 3.8) is 0 Å². The van der Waals surface area contributed by atoms with Crippen LogP contribution in [0.2, 0.25) is 0 Å². The van der Waals surface area contributed by atoms with E-state index in [1.165, 1.54) is 0 Å². The number of anilines is 1. The maximum absolute atomic E-state index is 13.1. The highest BCUT2D eigenvalue weighted by atomic mass is 19.4. The monoisotopic (exact) mass is 327 g/mol. The minimum atomic E-state index is -4.57. The number of nitrogens with zero attached hydrogens (tertiary/aromatic N) is 5. The normalized spacial score (nSPS) is 20.1. The average molecular weight is 327 g/mol. The van der Waals surface area contributed by atoms with Crippen LogP contribution in [0.3, 0.4) is 0 Å². The van der Waals surface area contributed by atoms with E-state index in [0.29, 0.717) is 17.3 Å². The fourth-order valence-corrected chi connectivity index (χ4v) is 3.07. The molecular formula is C15H20F3N5. The van der Waals surface area contributed by atoms with Gasteiger partial charge in [-0.3, -0.25) is 0 Å². The quantitative estimate of drug-likeness (QED) is 0.805. The molecule has 1 aliphatic rings. The lowest BCUT2D eigenvalue weighted by Gasteiger charge is -2.24. The van der Waals surface area contributed by atoms with Crippen LogP contribution in [0.25, 0.3) is 5.65 Å². The van der Waals surface area contributed by atoms with E-state index >= 15 is 0 Å². The average Bonchev–Trinajstić information content (AvgIpc) is 2.79. The molecule has 0 bridgehead atoms. The number of aryl methyl sites for hydroxylation is 1. The number of hydrogen-bond acceptors (Lipinski definition) is 4. The van der Waals surface area contributed by atoms with Crippen molar-refractivity contribution < 1.29 is 13.2 Å². The molecule has 0 N–H and O–H groups in total. The van der Waals surface area contributed by atoms with Gasteiger partial charge >= 0.3 is 6.18 Å². The van der Waals surface area contributed by atoms with Gasteiger partial charge in [0.1, 0.15) is 0 Å². The van der Waals surface area contributed by atoms with Crippen LogP contribution in [0.15, 0.2) is 0 Å². The number of fused-ring (bicyclic) bond motifs is 1. The van der Waals surface area contributed by atoms with E-state index in [-0.39, 0.29) is 5.65 Å². The second kappa shape index (κ2) is 5.65. The molecule has 1 atom stereocenters. The first-order valence-electron chi connectivity index (χ1n) is 7.83. The molecule has 0 amide bonds. The van der Waals surface area contributed by atoms with E-state index in [1.807, 2.05) is 6.92 Å². The van der Waals surface area contributed by atoms with Crippen LogP contribution in [-0.4, -0.2) is 32.9 Å². The van der Waals surface area contributed by atoms with Crippen molar-refractivity contribution in [2.24, 2.45) is 5.92 Å². The van der Waals surface area contributed by atoms with Crippen LogP contribution in [-0.2, 0) is 6.18 Å². The first-order valence-corrected chi connectivity index (χ1v) is 7.83. The maximum Gasteiger partial charge on any atom is 0.453 e. The Morgan fingerprint density at radius 1 is 1.04 bits per heavy atom. The minimum Gasteiger partial charge on any atom is -0.355 e. The zero-order valence-corrected chi connectivity index (χ0v) is 13.5. The Kier molecular flexibility index (Phi) is 3.93. The molecule has 2 aromatic heterocycles. The molecular weight excluding hydrogens is 307 g/mol. The van der Waals surface area contributed by atoms with Crippen LogP contribution in [0.5, 0.6) is 0 Å². The van der Waals surface area contributed by atoms with Crippen molar-refractivity contribution in [3.05, 3.63) is 17.0 Å². The molecule has 0 aromatic carbocycles. The summed E-state index contributed by atoms with van der Waals surface area (Å²) in [5.74, 6) is 0.167. The molecule has 23 heavy (non-hydrogen) atoms. The van der Waals surface area contributed by atoms with Gasteiger partial charge in [-0.25, -0.2) is 0 Å². The van der Waals surface area contributed by atoms with E-state index in [2.05, 4.69) is 27.1 Å². The number of alkyl halides is 3. The molecule has 3 heterocycles. The second-order valence-electron chi connectivity index (χ2n) is 6.35. The Balaban J connectivity index is 2.11. The van der Waals surface area contributed by atoms with E-state index in [4.69, 9.17) is 0 Å². The number of aromatic nitrogens is 4. The van der Waals surface area contributed by atoms with Gasteiger partial charge in [-0.2, -0.15) is 17.7 Å². The highest BCUT2D eigenvalue weighted by molar-refractivity contribution is 5.59. The molecule has 0 radical (unpaired) electrons. The van der Waals surface area contributed by atoms with Crippen LogP contribution in [0.1, 0.15) is 43.1 Å². The van der Waals surface area contributed by atoms with Gasteiger partial charge in [-0.15, -0.1) is 15.3 Å². The highest BCUT2D eigenvalue weighted by Gasteiger charge is 2.38. The van der Waals surface area contributed by atoms with Crippen molar-refractivity contribution in [1.82, 2.24) is 19.8 Å². The third kappa shape index (κ3) is 2.86. The van der Waals surface area contributed by atoms with Gasteiger partial charge in [-0.05, 0) is 39.0 Å². The van der Waals surface area contributed by atoms with Gasteiger partial charge < -0.3 is 4.90 Å². The zero-order chi connectivity index (χ0) is 16.8.